The van der Waals surface area contributed by atoms with E-state index in [2.05, 4.69) is 0 Å². The molecule has 2 saturated heterocycles. The van der Waals surface area contributed by atoms with Gasteiger partial charge in [0.25, 0.3) is 5.56 Å². The van der Waals surface area contributed by atoms with Gasteiger partial charge in [-0.2, -0.15) is 13.2 Å². The molecule has 0 unspecified atom stereocenters. The standard InChI is InChI=1S/C32H35F3N4O3/c1-36(30(41)32(33,34)35)27-15-19-39(28(21-27)25-10-6-3-7-11-25)31(42)37-16-12-23(13-17-37)22-38-18-14-26(20-29(38)40)24-8-4-2-5-9-24/h2-11,14,18,20,23,27-28H,12-13,15-17,19,21-22H2,1H3/t27-,28+/m1/s1. The Hall–Kier alpha value is -4.08. The van der Waals surface area contributed by atoms with Gasteiger partial charge in [0.2, 0.25) is 0 Å². The van der Waals surface area contributed by atoms with Gasteiger partial charge in [-0.15, -0.1) is 0 Å². The Morgan fingerprint density at radius 3 is 2.14 bits per heavy atom. The highest BCUT2D eigenvalue weighted by molar-refractivity contribution is 5.82. The maximum Gasteiger partial charge on any atom is 0.471 e. The first kappa shape index (κ1) is 29.4. The van der Waals surface area contributed by atoms with E-state index in [1.165, 1.54) is 7.05 Å². The summed E-state index contributed by atoms with van der Waals surface area (Å²) in [7, 11) is 1.19. The Bertz CT molecular complexity index is 1440. The first-order chi connectivity index (χ1) is 20.1. The molecule has 0 radical (unpaired) electrons. The zero-order chi connectivity index (χ0) is 29.9. The summed E-state index contributed by atoms with van der Waals surface area (Å²) in [6, 6.07) is 21.4. The highest BCUT2D eigenvalue weighted by Gasteiger charge is 2.45. The molecule has 7 nitrogen and oxygen atoms in total. The second kappa shape index (κ2) is 12.4. The van der Waals surface area contributed by atoms with Gasteiger partial charge in [-0.25, -0.2) is 4.79 Å². The summed E-state index contributed by atoms with van der Waals surface area (Å²) in [5.74, 6) is -1.62. The number of halogens is 3. The third kappa shape index (κ3) is 6.53. The lowest BCUT2D eigenvalue weighted by Crippen LogP contribution is -2.54. The van der Waals surface area contributed by atoms with Gasteiger partial charge in [-0.3, -0.25) is 9.59 Å². The maximum absolute atomic E-state index is 13.7. The van der Waals surface area contributed by atoms with Gasteiger partial charge < -0.3 is 19.3 Å². The number of rotatable bonds is 5. The van der Waals surface area contributed by atoms with Gasteiger partial charge in [0.1, 0.15) is 0 Å². The number of hydrogen-bond acceptors (Lipinski definition) is 3. The molecular weight excluding hydrogens is 545 g/mol. The Morgan fingerprint density at radius 2 is 1.52 bits per heavy atom. The number of hydrogen-bond donors (Lipinski definition) is 0. The quantitative estimate of drug-likeness (QED) is 0.396. The molecule has 1 aromatic heterocycles. The van der Waals surface area contributed by atoms with Crippen LogP contribution in [0.4, 0.5) is 18.0 Å². The number of pyridine rings is 1. The lowest BCUT2D eigenvalue weighted by Gasteiger charge is -2.45. The zero-order valence-corrected chi connectivity index (χ0v) is 23.5. The van der Waals surface area contributed by atoms with Crippen LogP contribution in [0.1, 0.15) is 37.3 Å². The van der Waals surface area contributed by atoms with Gasteiger partial charge in [0.05, 0.1) is 6.04 Å². The molecule has 3 amide bonds. The van der Waals surface area contributed by atoms with Gasteiger partial charge in [-0.05, 0) is 54.4 Å². The molecule has 2 atom stereocenters. The van der Waals surface area contributed by atoms with Crippen LogP contribution in [0.15, 0.2) is 83.8 Å². The van der Waals surface area contributed by atoms with E-state index in [4.69, 9.17) is 0 Å². The highest BCUT2D eigenvalue weighted by atomic mass is 19.4. The molecule has 0 N–H and O–H groups in total. The van der Waals surface area contributed by atoms with Crippen molar-refractivity contribution in [3.63, 3.8) is 0 Å². The van der Waals surface area contributed by atoms with Crippen molar-refractivity contribution in [1.29, 1.82) is 0 Å². The summed E-state index contributed by atoms with van der Waals surface area (Å²) in [4.78, 5) is 42.8. The summed E-state index contributed by atoms with van der Waals surface area (Å²) in [6.45, 7) is 1.90. The molecule has 2 aliphatic heterocycles. The third-order valence-corrected chi connectivity index (χ3v) is 8.56. The minimum absolute atomic E-state index is 0.0580. The minimum atomic E-state index is -4.94. The summed E-state index contributed by atoms with van der Waals surface area (Å²) in [5, 5.41) is 0. The molecule has 3 aromatic rings. The van der Waals surface area contributed by atoms with Crippen molar-refractivity contribution in [1.82, 2.24) is 19.3 Å². The van der Waals surface area contributed by atoms with Crippen molar-refractivity contribution in [2.24, 2.45) is 5.92 Å². The summed E-state index contributed by atoms with van der Waals surface area (Å²) >= 11 is 0. The molecule has 10 heteroatoms. The van der Waals surface area contributed by atoms with Crippen LogP contribution < -0.4 is 5.56 Å². The summed E-state index contributed by atoms with van der Waals surface area (Å²) in [6.07, 6.45) is -1.12. The molecule has 0 spiro atoms. The first-order valence-electron chi connectivity index (χ1n) is 14.3. The fraction of sp³-hybridized carbons (Fsp3) is 0.406. The Balaban J connectivity index is 1.22. The first-order valence-corrected chi connectivity index (χ1v) is 14.3. The number of benzene rings is 2. The van der Waals surface area contributed by atoms with Crippen molar-refractivity contribution < 1.29 is 22.8 Å². The number of alkyl halides is 3. The van der Waals surface area contributed by atoms with Crippen LogP contribution in [0.25, 0.3) is 11.1 Å². The normalized spacial score (nSPS) is 19.9. The van der Waals surface area contributed by atoms with E-state index >= 15 is 0 Å². The number of likely N-dealkylation sites (tertiary alicyclic amines) is 2. The van der Waals surface area contributed by atoms with E-state index in [9.17, 15) is 27.6 Å². The number of piperidine rings is 2. The second-order valence-electron chi connectivity index (χ2n) is 11.2. The Kier molecular flexibility index (Phi) is 8.70. The van der Waals surface area contributed by atoms with Gasteiger partial charge in [0, 0.05) is 51.5 Å². The SMILES string of the molecule is CN(C(=O)C(F)(F)F)[C@@H]1CCN(C(=O)N2CCC(Cn3ccc(-c4ccccc4)cc3=O)CC2)[C@H](c2ccccc2)C1. The fourth-order valence-corrected chi connectivity index (χ4v) is 6.12. The second-order valence-corrected chi connectivity index (χ2v) is 11.2. The van der Waals surface area contributed by atoms with E-state index in [0.717, 1.165) is 34.4 Å². The number of aromatic nitrogens is 1. The van der Waals surface area contributed by atoms with Crippen LogP contribution in [0, 0.1) is 5.92 Å². The molecule has 0 bridgehead atoms. The van der Waals surface area contributed by atoms with E-state index in [0.29, 0.717) is 19.6 Å². The molecule has 42 heavy (non-hydrogen) atoms. The van der Waals surface area contributed by atoms with Crippen molar-refractivity contribution in [2.75, 3.05) is 26.7 Å². The highest BCUT2D eigenvalue weighted by Crippen LogP contribution is 2.35. The van der Waals surface area contributed by atoms with E-state index < -0.39 is 24.2 Å². The zero-order valence-electron chi connectivity index (χ0n) is 23.5. The average molecular weight is 581 g/mol. The van der Waals surface area contributed by atoms with Crippen molar-refractivity contribution >= 4 is 11.9 Å². The predicted molar refractivity (Wildman–Crippen MR) is 154 cm³/mol. The van der Waals surface area contributed by atoms with Gasteiger partial charge in [0.15, 0.2) is 0 Å². The van der Waals surface area contributed by atoms with Crippen molar-refractivity contribution in [2.45, 2.75) is 50.5 Å². The van der Waals surface area contributed by atoms with Crippen LogP contribution in [-0.2, 0) is 11.3 Å². The van der Waals surface area contributed by atoms with Crippen LogP contribution in [0.3, 0.4) is 0 Å². The topological polar surface area (TPSA) is 65.9 Å². The molecule has 5 rings (SSSR count). The van der Waals surface area contributed by atoms with E-state index in [1.807, 2.05) is 72.9 Å². The number of urea groups is 1. The lowest BCUT2D eigenvalue weighted by molar-refractivity contribution is -0.187. The monoisotopic (exact) mass is 580 g/mol. The van der Waals surface area contributed by atoms with Crippen molar-refractivity contribution in [3.05, 3.63) is 94.9 Å². The third-order valence-electron chi connectivity index (χ3n) is 8.56. The Labute approximate surface area is 243 Å². The molecular formula is C32H35F3N4O3. The molecule has 2 aromatic carbocycles. The number of carbonyl (C=O) groups is 2. The summed E-state index contributed by atoms with van der Waals surface area (Å²) in [5.41, 5.74) is 2.64. The van der Waals surface area contributed by atoms with E-state index in [-0.39, 0.29) is 36.9 Å². The number of carbonyl (C=O) groups excluding carboxylic acids is 2. The van der Waals surface area contributed by atoms with Crippen LogP contribution in [0.2, 0.25) is 0 Å². The number of amides is 3. The van der Waals surface area contributed by atoms with Gasteiger partial charge >= 0.3 is 18.1 Å². The smallest absolute Gasteiger partial charge is 0.335 e. The largest absolute Gasteiger partial charge is 0.471 e. The van der Waals surface area contributed by atoms with E-state index in [1.54, 1.807) is 20.4 Å². The number of nitrogens with zero attached hydrogens (tertiary/aromatic N) is 4. The minimum Gasteiger partial charge on any atom is -0.335 e. The molecule has 3 heterocycles. The lowest BCUT2D eigenvalue weighted by atomic mass is 9.90. The molecule has 2 fully saturated rings. The van der Waals surface area contributed by atoms with Crippen LogP contribution in [-0.4, -0.2) is 70.1 Å². The van der Waals surface area contributed by atoms with Crippen molar-refractivity contribution in [3.8, 4) is 11.1 Å². The van der Waals surface area contributed by atoms with Gasteiger partial charge in [-0.1, -0.05) is 60.7 Å². The Morgan fingerprint density at radius 1 is 0.881 bits per heavy atom. The van der Waals surface area contributed by atoms with Crippen LogP contribution in [0.5, 0.6) is 0 Å². The molecule has 0 saturated carbocycles. The average Bonchev–Trinajstić information content (AvgIpc) is 3.01. The predicted octanol–water partition coefficient (Wildman–Crippen LogP) is 5.57. The molecule has 0 aliphatic carbocycles. The molecule has 222 valence electrons. The fourth-order valence-electron chi connectivity index (χ4n) is 6.12. The maximum atomic E-state index is 13.7. The van der Waals surface area contributed by atoms with Crippen LogP contribution >= 0.6 is 0 Å². The molecule has 2 aliphatic rings. The summed E-state index contributed by atoms with van der Waals surface area (Å²) < 4.78 is 41.1.